The van der Waals surface area contributed by atoms with E-state index in [-0.39, 0.29) is 5.91 Å². The Morgan fingerprint density at radius 3 is 3.00 bits per heavy atom. The van der Waals surface area contributed by atoms with E-state index in [9.17, 15) is 4.79 Å². The summed E-state index contributed by atoms with van der Waals surface area (Å²) in [5.41, 5.74) is 2.10. The first-order chi connectivity index (χ1) is 7.66. The van der Waals surface area contributed by atoms with E-state index in [1.165, 1.54) is 16.2 Å². The summed E-state index contributed by atoms with van der Waals surface area (Å²) in [5, 5.41) is 8.43. The van der Waals surface area contributed by atoms with Crippen LogP contribution in [0.5, 0.6) is 0 Å². The number of rotatable bonds is 3. The van der Waals surface area contributed by atoms with Gasteiger partial charge in [0.25, 0.3) is 5.91 Å². The molecule has 0 saturated carbocycles. The molecule has 7 heteroatoms. The second-order valence-electron chi connectivity index (χ2n) is 3.37. The van der Waals surface area contributed by atoms with Crippen LogP contribution in [0.2, 0.25) is 0 Å². The number of hydrogen-bond donors (Lipinski definition) is 1. The smallest absolute Gasteiger partial charge is 0.273 e. The van der Waals surface area contributed by atoms with E-state index in [0.29, 0.717) is 18.1 Å². The van der Waals surface area contributed by atoms with Gasteiger partial charge in [0.2, 0.25) is 0 Å². The molecular weight excluding hydrogens is 226 g/mol. The van der Waals surface area contributed by atoms with Crippen molar-refractivity contribution in [1.29, 1.82) is 0 Å². The molecular formula is C9H11N5OS. The first-order valence-electron chi connectivity index (χ1n) is 4.68. The number of aromatic nitrogens is 4. The Morgan fingerprint density at radius 1 is 1.62 bits per heavy atom. The fraction of sp³-hybridized carbons (Fsp3) is 0.333. The van der Waals surface area contributed by atoms with Crippen LogP contribution in [0.3, 0.4) is 0 Å². The average molecular weight is 237 g/mol. The third-order valence-corrected chi connectivity index (χ3v) is 2.61. The molecule has 16 heavy (non-hydrogen) atoms. The van der Waals surface area contributed by atoms with Crippen LogP contribution in [0.15, 0.2) is 10.9 Å². The maximum absolute atomic E-state index is 11.8. The molecule has 0 aromatic carbocycles. The Labute approximate surface area is 96.3 Å². The summed E-state index contributed by atoms with van der Waals surface area (Å²) in [6, 6.07) is 0. The summed E-state index contributed by atoms with van der Waals surface area (Å²) in [6.07, 6.45) is 0. The highest BCUT2D eigenvalue weighted by molar-refractivity contribution is 7.07. The van der Waals surface area contributed by atoms with Crippen LogP contribution in [-0.2, 0) is 6.54 Å². The van der Waals surface area contributed by atoms with Gasteiger partial charge in [-0.15, -0.1) is 11.3 Å². The molecule has 84 valence electrons. The van der Waals surface area contributed by atoms with Crippen molar-refractivity contribution in [3.05, 3.63) is 28.2 Å². The summed E-state index contributed by atoms with van der Waals surface area (Å²) < 4.78 is 0. The lowest BCUT2D eigenvalue weighted by atomic mass is 10.4. The molecule has 0 saturated heterocycles. The molecule has 2 rings (SSSR count). The molecule has 0 atom stereocenters. The Kier molecular flexibility index (Phi) is 2.95. The minimum atomic E-state index is -0.122. The number of carbonyl (C=O) groups excluding carboxylic acids is 1. The van der Waals surface area contributed by atoms with Crippen molar-refractivity contribution >= 4 is 17.2 Å². The van der Waals surface area contributed by atoms with Crippen molar-refractivity contribution in [1.82, 2.24) is 25.1 Å². The highest BCUT2D eigenvalue weighted by Gasteiger charge is 2.15. The van der Waals surface area contributed by atoms with E-state index in [1.807, 2.05) is 6.92 Å². The van der Waals surface area contributed by atoms with Crippen molar-refractivity contribution in [2.75, 3.05) is 7.05 Å². The molecule has 2 aromatic heterocycles. The van der Waals surface area contributed by atoms with Gasteiger partial charge in [-0.1, -0.05) is 0 Å². The van der Waals surface area contributed by atoms with Crippen molar-refractivity contribution in [3.8, 4) is 0 Å². The molecule has 0 bridgehead atoms. The average Bonchev–Trinajstić information content (AvgIpc) is 2.88. The zero-order valence-electron chi connectivity index (χ0n) is 8.97. The number of hydrogen-bond acceptors (Lipinski definition) is 5. The van der Waals surface area contributed by atoms with Crippen molar-refractivity contribution in [2.45, 2.75) is 13.5 Å². The van der Waals surface area contributed by atoms with Gasteiger partial charge < -0.3 is 4.90 Å². The van der Waals surface area contributed by atoms with E-state index in [1.54, 1.807) is 17.9 Å². The predicted molar refractivity (Wildman–Crippen MR) is 59.0 cm³/mol. The lowest BCUT2D eigenvalue weighted by molar-refractivity contribution is 0.0776. The van der Waals surface area contributed by atoms with E-state index < -0.39 is 0 Å². The van der Waals surface area contributed by atoms with E-state index >= 15 is 0 Å². The van der Waals surface area contributed by atoms with Gasteiger partial charge in [-0.05, 0) is 6.92 Å². The van der Waals surface area contributed by atoms with Gasteiger partial charge in [-0.25, -0.2) is 9.97 Å². The maximum Gasteiger partial charge on any atom is 0.273 e. The van der Waals surface area contributed by atoms with Gasteiger partial charge >= 0.3 is 0 Å². The summed E-state index contributed by atoms with van der Waals surface area (Å²) in [4.78, 5) is 21.5. The lowest BCUT2D eigenvalue weighted by Crippen LogP contribution is -2.26. The lowest BCUT2D eigenvalue weighted by Gasteiger charge is -2.13. The second-order valence-corrected chi connectivity index (χ2v) is 4.09. The molecule has 6 nitrogen and oxygen atoms in total. The monoisotopic (exact) mass is 237 g/mol. The maximum atomic E-state index is 11.8. The van der Waals surface area contributed by atoms with Gasteiger partial charge in [-0.2, -0.15) is 5.10 Å². The zero-order valence-corrected chi connectivity index (χ0v) is 9.78. The molecule has 0 spiro atoms. The SMILES string of the molecule is Cc1nc(CN(C)C(=O)c2cscn2)n[nH]1. The summed E-state index contributed by atoms with van der Waals surface area (Å²) in [6.45, 7) is 2.19. The molecule has 2 heterocycles. The molecule has 0 aliphatic carbocycles. The third kappa shape index (κ3) is 2.25. The van der Waals surface area contributed by atoms with Gasteiger partial charge in [0.05, 0.1) is 12.1 Å². The Hall–Kier alpha value is -1.76. The van der Waals surface area contributed by atoms with Gasteiger partial charge in [0, 0.05) is 12.4 Å². The van der Waals surface area contributed by atoms with Crippen LogP contribution >= 0.6 is 11.3 Å². The van der Waals surface area contributed by atoms with Crippen LogP contribution in [0.4, 0.5) is 0 Å². The van der Waals surface area contributed by atoms with Crippen molar-refractivity contribution in [2.24, 2.45) is 0 Å². The van der Waals surface area contributed by atoms with Crippen LogP contribution in [0, 0.1) is 6.92 Å². The molecule has 2 aromatic rings. The standard InChI is InChI=1S/C9H11N5OS/c1-6-11-8(13-12-6)3-14(2)9(15)7-4-16-5-10-7/h4-5H,3H2,1-2H3,(H,11,12,13). The fourth-order valence-corrected chi connectivity index (χ4v) is 1.78. The second kappa shape index (κ2) is 4.40. The highest BCUT2D eigenvalue weighted by Crippen LogP contribution is 2.06. The topological polar surface area (TPSA) is 74.8 Å². The van der Waals surface area contributed by atoms with E-state index in [4.69, 9.17) is 0 Å². The van der Waals surface area contributed by atoms with Crippen molar-refractivity contribution < 1.29 is 4.79 Å². The fourth-order valence-electron chi connectivity index (χ4n) is 1.26. The van der Waals surface area contributed by atoms with Gasteiger partial charge in [0.1, 0.15) is 11.5 Å². The summed E-state index contributed by atoms with van der Waals surface area (Å²) >= 11 is 1.40. The minimum Gasteiger partial charge on any atom is -0.333 e. The van der Waals surface area contributed by atoms with Crippen molar-refractivity contribution in [3.63, 3.8) is 0 Å². The number of aromatic amines is 1. The summed E-state index contributed by atoms with van der Waals surface area (Å²) in [7, 11) is 1.70. The molecule has 0 fully saturated rings. The minimum absolute atomic E-state index is 0.122. The molecule has 1 N–H and O–H groups in total. The summed E-state index contributed by atoms with van der Waals surface area (Å²) in [5.74, 6) is 1.22. The number of thiazole rings is 1. The number of aryl methyl sites for hydroxylation is 1. The Bertz CT molecular complexity index is 478. The van der Waals surface area contributed by atoms with E-state index in [2.05, 4.69) is 20.2 Å². The van der Waals surface area contributed by atoms with Crippen LogP contribution in [0.25, 0.3) is 0 Å². The molecule has 1 amide bonds. The highest BCUT2D eigenvalue weighted by atomic mass is 32.1. The quantitative estimate of drug-likeness (QED) is 0.858. The third-order valence-electron chi connectivity index (χ3n) is 2.02. The zero-order chi connectivity index (χ0) is 11.5. The van der Waals surface area contributed by atoms with Crippen LogP contribution in [-0.4, -0.2) is 38.0 Å². The number of carbonyl (C=O) groups is 1. The van der Waals surface area contributed by atoms with Crippen LogP contribution < -0.4 is 0 Å². The number of nitrogens with zero attached hydrogens (tertiary/aromatic N) is 4. The molecule has 0 unspecified atom stereocenters. The Morgan fingerprint density at radius 2 is 2.44 bits per heavy atom. The molecule has 0 radical (unpaired) electrons. The Balaban J connectivity index is 2.03. The largest absolute Gasteiger partial charge is 0.333 e. The van der Waals surface area contributed by atoms with E-state index in [0.717, 1.165) is 5.82 Å². The normalized spacial score (nSPS) is 10.4. The first kappa shape index (κ1) is 10.7. The molecule has 0 aliphatic heterocycles. The van der Waals surface area contributed by atoms with Gasteiger partial charge in [-0.3, -0.25) is 9.89 Å². The van der Waals surface area contributed by atoms with Gasteiger partial charge in [0.15, 0.2) is 5.82 Å². The number of amides is 1. The number of nitrogens with one attached hydrogen (secondary N) is 1. The predicted octanol–water partition coefficient (Wildman–Crippen LogP) is 0.842. The number of H-pyrrole nitrogens is 1. The first-order valence-corrected chi connectivity index (χ1v) is 5.62. The molecule has 0 aliphatic rings. The van der Waals surface area contributed by atoms with Crippen LogP contribution in [0.1, 0.15) is 22.1 Å².